The van der Waals surface area contributed by atoms with Gasteiger partial charge in [-0.25, -0.2) is 4.79 Å². The van der Waals surface area contributed by atoms with Crippen LogP contribution in [0.4, 0.5) is 0 Å². The molecule has 198 valence electrons. The summed E-state index contributed by atoms with van der Waals surface area (Å²) < 4.78 is 5.10. The number of likely N-dealkylation sites (tertiary alicyclic amines) is 1. The summed E-state index contributed by atoms with van der Waals surface area (Å²) in [5.74, 6) is -1.97. The first kappa shape index (κ1) is 27.0. The number of aromatic nitrogens is 1. The first-order valence-corrected chi connectivity index (χ1v) is 12.6. The minimum absolute atomic E-state index is 0.0779. The number of benzene rings is 2. The number of ether oxygens (including phenoxy) is 1. The number of aliphatic hydroxyl groups excluding tert-OH is 2. The van der Waals surface area contributed by atoms with E-state index in [1.807, 2.05) is 30.3 Å². The summed E-state index contributed by atoms with van der Waals surface area (Å²) in [4.78, 5) is 43.3. The van der Waals surface area contributed by atoms with Crippen LogP contribution < -0.4 is 5.32 Å². The Labute approximate surface area is 221 Å². The number of esters is 1. The molecule has 1 aliphatic heterocycles. The lowest BCUT2D eigenvalue weighted by atomic mass is 10.0. The Kier molecular flexibility index (Phi) is 8.83. The van der Waals surface area contributed by atoms with E-state index in [2.05, 4.69) is 10.3 Å². The number of hydrogen-bond acceptors (Lipinski definition) is 7. The second kappa shape index (κ2) is 12.4. The number of amides is 2. The number of carbonyl (C=O) groups excluding carboxylic acids is 3. The molecule has 9 heteroatoms. The van der Waals surface area contributed by atoms with Crippen molar-refractivity contribution in [2.45, 2.75) is 44.6 Å². The van der Waals surface area contributed by atoms with Crippen LogP contribution in [0, 0.1) is 0 Å². The van der Waals surface area contributed by atoms with Gasteiger partial charge in [-0.2, -0.15) is 0 Å². The van der Waals surface area contributed by atoms with Crippen molar-refractivity contribution in [1.82, 2.24) is 15.2 Å². The summed E-state index contributed by atoms with van der Waals surface area (Å²) >= 11 is 0. The SMILES string of the molecule is CCOC(=O)c1cnccc1-c1ccc(CNC(=O)[C@H](O)[C@@H](O)C(=O)N2CCCC2c2ccccc2)cc1. The molecule has 0 radical (unpaired) electrons. The topological polar surface area (TPSA) is 129 Å². The number of carbonyl (C=O) groups is 3. The molecule has 0 bridgehead atoms. The molecule has 1 aliphatic rings. The molecule has 2 heterocycles. The van der Waals surface area contributed by atoms with Crippen LogP contribution in [0.1, 0.15) is 47.3 Å². The number of hydrogen-bond donors (Lipinski definition) is 3. The predicted octanol–water partition coefficient (Wildman–Crippen LogP) is 2.63. The van der Waals surface area contributed by atoms with Crippen molar-refractivity contribution in [2.75, 3.05) is 13.2 Å². The van der Waals surface area contributed by atoms with Crippen LogP contribution in [-0.2, 0) is 20.9 Å². The second-order valence-electron chi connectivity index (χ2n) is 9.05. The largest absolute Gasteiger partial charge is 0.462 e. The standard InChI is InChI=1S/C29H31N3O6/c1-2-38-29(37)23-18-30-15-14-22(23)20-12-10-19(11-13-20)17-31-27(35)25(33)26(34)28(36)32-16-6-9-24(32)21-7-4-3-5-8-21/h3-5,7-8,10-15,18,24-26,33-34H,2,6,9,16-17H2,1H3,(H,31,35)/t24?,25-,26-/m1/s1. The maximum Gasteiger partial charge on any atom is 0.340 e. The van der Waals surface area contributed by atoms with E-state index in [9.17, 15) is 24.6 Å². The van der Waals surface area contributed by atoms with Crippen molar-refractivity contribution in [3.63, 3.8) is 0 Å². The quantitative estimate of drug-likeness (QED) is 0.372. The highest BCUT2D eigenvalue weighted by Crippen LogP contribution is 2.32. The molecule has 3 atom stereocenters. The Morgan fingerprint density at radius 3 is 2.50 bits per heavy atom. The van der Waals surface area contributed by atoms with Gasteiger partial charge in [-0.1, -0.05) is 54.6 Å². The molecule has 2 amide bonds. The highest BCUT2D eigenvalue weighted by Gasteiger charge is 2.38. The monoisotopic (exact) mass is 517 g/mol. The maximum atomic E-state index is 12.9. The Bertz CT molecular complexity index is 1260. The zero-order valence-corrected chi connectivity index (χ0v) is 21.1. The van der Waals surface area contributed by atoms with Gasteiger partial charge in [0.25, 0.3) is 11.8 Å². The molecule has 0 spiro atoms. The van der Waals surface area contributed by atoms with Crippen molar-refractivity contribution in [3.05, 3.63) is 89.7 Å². The Morgan fingerprint density at radius 1 is 1.05 bits per heavy atom. The van der Waals surface area contributed by atoms with Gasteiger partial charge in [0.15, 0.2) is 12.2 Å². The summed E-state index contributed by atoms with van der Waals surface area (Å²) in [6.45, 7) is 2.51. The minimum atomic E-state index is -1.90. The van der Waals surface area contributed by atoms with E-state index in [1.54, 1.807) is 43.5 Å². The van der Waals surface area contributed by atoms with Gasteiger partial charge in [0, 0.05) is 25.5 Å². The van der Waals surface area contributed by atoms with Gasteiger partial charge in [-0.05, 0) is 48.1 Å². The van der Waals surface area contributed by atoms with E-state index in [4.69, 9.17) is 4.74 Å². The zero-order chi connectivity index (χ0) is 27.1. The highest BCUT2D eigenvalue weighted by molar-refractivity contribution is 5.97. The third kappa shape index (κ3) is 6.07. The molecule has 4 rings (SSSR count). The Balaban J connectivity index is 1.35. The molecule has 0 saturated carbocycles. The third-order valence-corrected chi connectivity index (χ3v) is 6.59. The van der Waals surface area contributed by atoms with Crippen LogP contribution >= 0.6 is 0 Å². The summed E-state index contributed by atoms with van der Waals surface area (Å²) in [5.41, 5.74) is 3.47. The number of rotatable bonds is 9. The lowest BCUT2D eigenvalue weighted by molar-refractivity contribution is -0.153. The van der Waals surface area contributed by atoms with E-state index >= 15 is 0 Å². The maximum absolute atomic E-state index is 12.9. The second-order valence-corrected chi connectivity index (χ2v) is 9.05. The van der Waals surface area contributed by atoms with E-state index < -0.39 is 30.0 Å². The van der Waals surface area contributed by atoms with Crippen molar-refractivity contribution < 1.29 is 29.3 Å². The van der Waals surface area contributed by atoms with E-state index in [1.165, 1.54) is 11.1 Å². The van der Waals surface area contributed by atoms with E-state index in [-0.39, 0.29) is 19.2 Å². The summed E-state index contributed by atoms with van der Waals surface area (Å²) in [6.07, 6.45) is 0.806. The van der Waals surface area contributed by atoms with Crippen LogP contribution in [0.15, 0.2) is 73.1 Å². The lowest BCUT2D eigenvalue weighted by Gasteiger charge is -2.28. The molecular weight excluding hydrogens is 486 g/mol. The average molecular weight is 518 g/mol. The predicted molar refractivity (Wildman–Crippen MR) is 140 cm³/mol. The first-order valence-electron chi connectivity index (χ1n) is 12.6. The van der Waals surface area contributed by atoms with Gasteiger partial charge in [0.2, 0.25) is 0 Å². The van der Waals surface area contributed by atoms with E-state index in [0.29, 0.717) is 17.7 Å². The van der Waals surface area contributed by atoms with Crippen LogP contribution in [0.2, 0.25) is 0 Å². The van der Waals surface area contributed by atoms with E-state index in [0.717, 1.165) is 29.5 Å². The molecule has 1 fully saturated rings. The van der Waals surface area contributed by atoms with Gasteiger partial charge < -0.3 is 25.2 Å². The van der Waals surface area contributed by atoms with Gasteiger partial charge in [0.05, 0.1) is 18.2 Å². The van der Waals surface area contributed by atoms with Crippen LogP contribution in [-0.4, -0.2) is 63.2 Å². The fourth-order valence-corrected chi connectivity index (χ4v) is 4.61. The minimum Gasteiger partial charge on any atom is -0.462 e. The zero-order valence-electron chi connectivity index (χ0n) is 21.1. The number of nitrogens with one attached hydrogen (secondary N) is 1. The highest BCUT2D eigenvalue weighted by atomic mass is 16.5. The van der Waals surface area contributed by atoms with Gasteiger partial charge in [0.1, 0.15) is 0 Å². The normalized spacial score (nSPS) is 16.5. The summed E-state index contributed by atoms with van der Waals surface area (Å²) in [7, 11) is 0. The van der Waals surface area contributed by atoms with Gasteiger partial charge >= 0.3 is 5.97 Å². The van der Waals surface area contributed by atoms with Crippen molar-refractivity contribution in [1.29, 1.82) is 0 Å². The lowest BCUT2D eigenvalue weighted by Crippen LogP contribution is -2.50. The first-order chi connectivity index (χ1) is 18.4. The number of aliphatic hydroxyl groups is 2. The van der Waals surface area contributed by atoms with Crippen molar-refractivity contribution >= 4 is 17.8 Å². The van der Waals surface area contributed by atoms with Crippen molar-refractivity contribution in [2.24, 2.45) is 0 Å². The molecule has 3 aromatic rings. The molecule has 3 N–H and O–H groups in total. The molecular formula is C29H31N3O6. The van der Waals surface area contributed by atoms with Gasteiger partial charge in [-0.3, -0.25) is 14.6 Å². The number of pyridine rings is 1. The molecule has 1 unspecified atom stereocenters. The smallest absolute Gasteiger partial charge is 0.340 e. The Hall–Kier alpha value is -4.08. The number of nitrogens with zero attached hydrogens (tertiary/aromatic N) is 2. The third-order valence-electron chi connectivity index (χ3n) is 6.59. The molecule has 1 saturated heterocycles. The molecule has 1 aromatic heterocycles. The molecule has 2 aromatic carbocycles. The fraction of sp³-hybridized carbons (Fsp3) is 0.310. The summed E-state index contributed by atoms with van der Waals surface area (Å²) in [5, 5.41) is 23.5. The van der Waals surface area contributed by atoms with Crippen molar-refractivity contribution in [3.8, 4) is 11.1 Å². The fourth-order valence-electron chi connectivity index (χ4n) is 4.61. The summed E-state index contributed by atoms with van der Waals surface area (Å²) in [6, 6.07) is 18.2. The van der Waals surface area contributed by atoms with Crippen LogP contribution in [0.3, 0.4) is 0 Å². The Morgan fingerprint density at radius 2 is 1.79 bits per heavy atom. The molecule has 0 aliphatic carbocycles. The van der Waals surface area contributed by atoms with Crippen LogP contribution in [0.25, 0.3) is 11.1 Å². The average Bonchev–Trinajstić information content (AvgIpc) is 3.46. The molecule has 9 nitrogen and oxygen atoms in total. The van der Waals surface area contributed by atoms with Crippen LogP contribution in [0.5, 0.6) is 0 Å². The van der Waals surface area contributed by atoms with Gasteiger partial charge in [-0.15, -0.1) is 0 Å². The molecule has 38 heavy (non-hydrogen) atoms.